The molecule has 0 radical (unpaired) electrons. The lowest BCUT2D eigenvalue weighted by Gasteiger charge is -2.16. The average Bonchev–Trinajstić information content (AvgIpc) is 2.90. The summed E-state index contributed by atoms with van der Waals surface area (Å²) in [7, 11) is 0. The Kier molecular flexibility index (Phi) is 4.11. The van der Waals surface area contributed by atoms with Gasteiger partial charge in [-0.05, 0) is 37.1 Å². The fourth-order valence-corrected chi connectivity index (χ4v) is 2.82. The van der Waals surface area contributed by atoms with Crippen LogP contribution in [-0.4, -0.2) is 19.8 Å². The van der Waals surface area contributed by atoms with Crippen molar-refractivity contribution in [3.63, 3.8) is 0 Å². The van der Waals surface area contributed by atoms with Crippen LogP contribution in [0, 0.1) is 6.92 Å². The molecule has 1 unspecified atom stereocenters. The van der Waals surface area contributed by atoms with Gasteiger partial charge in [0.1, 0.15) is 11.5 Å². The Labute approximate surface area is 125 Å². The first-order chi connectivity index (χ1) is 10.3. The van der Waals surface area contributed by atoms with Crippen LogP contribution in [0.4, 0.5) is 0 Å². The van der Waals surface area contributed by atoms with Gasteiger partial charge in [-0.15, -0.1) is 0 Å². The Morgan fingerprint density at radius 2 is 2.05 bits per heavy atom. The maximum absolute atomic E-state index is 6.13. The van der Waals surface area contributed by atoms with Crippen LogP contribution in [-0.2, 0) is 6.42 Å². The summed E-state index contributed by atoms with van der Waals surface area (Å²) >= 11 is 0. The van der Waals surface area contributed by atoms with Crippen molar-refractivity contribution in [1.29, 1.82) is 0 Å². The molecule has 21 heavy (non-hydrogen) atoms. The lowest BCUT2D eigenvalue weighted by molar-refractivity contribution is 0.246. The highest BCUT2D eigenvalue weighted by molar-refractivity contribution is 5.42. The number of aryl methyl sites for hydroxylation is 1. The van der Waals surface area contributed by atoms with Crippen molar-refractivity contribution in [2.75, 3.05) is 19.8 Å². The molecule has 0 spiro atoms. The van der Waals surface area contributed by atoms with E-state index in [2.05, 4.69) is 31.2 Å². The summed E-state index contributed by atoms with van der Waals surface area (Å²) in [5, 5.41) is 0. The zero-order valence-corrected chi connectivity index (χ0v) is 12.3. The molecule has 0 fully saturated rings. The molecule has 2 aromatic rings. The summed E-state index contributed by atoms with van der Waals surface area (Å²) in [6, 6.07) is 14.4. The Morgan fingerprint density at radius 1 is 1.19 bits per heavy atom. The molecule has 1 aliphatic rings. The molecule has 3 rings (SSSR count). The molecule has 0 aromatic heterocycles. The predicted octanol–water partition coefficient (Wildman–Crippen LogP) is 3.05. The minimum atomic E-state index is 0.298. The molecule has 0 saturated carbocycles. The van der Waals surface area contributed by atoms with Gasteiger partial charge in [0.25, 0.3) is 0 Å². The molecule has 110 valence electrons. The minimum absolute atomic E-state index is 0.298. The maximum Gasteiger partial charge on any atom is 0.125 e. The van der Waals surface area contributed by atoms with E-state index >= 15 is 0 Å². The molecule has 2 aromatic carbocycles. The van der Waals surface area contributed by atoms with Crippen LogP contribution >= 0.6 is 0 Å². The van der Waals surface area contributed by atoms with Crippen molar-refractivity contribution in [2.24, 2.45) is 5.73 Å². The van der Waals surface area contributed by atoms with Gasteiger partial charge >= 0.3 is 0 Å². The van der Waals surface area contributed by atoms with Gasteiger partial charge in [0, 0.05) is 5.56 Å². The largest absolute Gasteiger partial charge is 0.493 e. The van der Waals surface area contributed by atoms with E-state index in [0.29, 0.717) is 25.7 Å². The van der Waals surface area contributed by atoms with Crippen molar-refractivity contribution in [1.82, 2.24) is 0 Å². The van der Waals surface area contributed by atoms with Crippen molar-refractivity contribution in [3.8, 4) is 11.5 Å². The van der Waals surface area contributed by atoms with Gasteiger partial charge in [-0.2, -0.15) is 0 Å². The first-order valence-electron chi connectivity index (χ1n) is 7.42. The van der Waals surface area contributed by atoms with Crippen LogP contribution in [0.25, 0.3) is 0 Å². The second-order valence-corrected chi connectivity index (χ2v) is 5.46. The highest BCUT2D eigenvalue weighted by Crippen LogP contribution is 2.34. The molecule has 0 saturated heterocycles. The smallest absolute Gasteiger partial charge is 0.125 e. The molecule has 0 amide bonds. The summed E-state index contributed by atoms with van der Waals surface area (Å²) in [5.41, 5.74) is 9.27. The molecule has 3 heteroatoms. The molecular formula is C18H21NO2. The first-order valence-corrected chi connectivity index (χ1v) is 7.42. The molecule has 1 heterocycles. The SMILES string of the molecule is Cc1cccc(CCN)c1OCC1COc2ccccc21. The van der Waals surface area contributed by atoms with Crippen LogP contribution in [0.1, 0.15) is 22.6 Å². The second-order valence-electron chi connectivity index (χ2n) is 5.46. The number of hydrogen-bond donors (Lipinski definition) is 1. The van der Waals surface area contributed by atoms with E-state index in [1.807, 2.05) is 18.2 Å². The van der Waals surface area contributed by atoms with Crippen LogP contribution < -0.4 is 15.2 Å². The number of para-hydroxylation sites is 2. The predicted molar refractivity (Wildman–Crippen MR) is 84.1 cm³/mol. The third-order valence-electron chi connectivity index (χ3n) is 3.93. The van der Waals surface area contributed by atoms with Gasteiger partial charge in [0.15, 0.2) is 0 Å². The summed E-state index contributed by atoms with van der Waals surface area (Å²) in [6.07, 6.45) is 0.842. The van der Waals surface area contributed by atoms with E-state index in [-0.39, 0.29) is 0 Å². The van der Waals surface area contributed by atoms with Crippen LogP contribution in [0.3, 0.4) is 0 Å². The zero-order valence-electron chi connectivity index (χ0n) is 12.3. The first kappa shape index (κ1) is 14.0. The number of benzene rings is 2. The zero-order chi connectivity index (χ0) is 14.7. The molecule has 2 N–H and O–H groups in total. The third-order valence-corrected chi connectivity index (χ3v) is 3.93. The monoisotopic (exact) mass is 283 g/mol. The van der Waals surface area contributed by atoms with Crippen molar-refractivity contribution in [2.45, 2.75) is 19.3 Å². The molecule has 0 aliphatic carbocycles. The number of fused-ring (bicyclic) bond motifs is 1. The number of hydrogen-bond acceptors (Lipinski definition) is 3. The minimum Gasteiger partial charge on any atom is -0.493 e. The Hall–Kier alpha value is -2.00. The van der Waals surface area contributed by atoms with Crippen LogP contribution in [0.2, 0.25) is 0 Å². The third kappa shape index (κ3) is 2.88. The van der Waals surface area contributed by atoms with E-state index in [1.165, 1.54) is 11.1 Å². The lowest BCUT2D eigenvalue weighted by Crippen LogP contribution is -2.14. The van der Waals surface area contributed by atoms with Gasteiger partial charge < -0.3 is 15.2 Å². The maximum atomic E-state index is 6.13. The Morgan fingerprint density at radius 3 is 2.90 bits per heavy atom. The number of rotatable bonds is 5. The van der Waals surface area contributed by atoms with Crippen LogP contribution in [0.15, 0.2) is 42.5 Å². The number of nitrogens with two attached hydrogens (primary N) is 1. The standard InChI is InChI=1S/C18H21NO2/c1-13-5-4-6-14(9-10-19)18(13)21-12-15-11-20-17-8-3-2-7-16(15)17/h2-8,15H,9-12,19H2,1H3. The second kappa shape index (κ2) is 6.19. The fraction of sp³-hybridized carbons (Fsp3) is 0.333. The van der Waals surface area contributed by atoms with Gasteiger partial charge in [0.2, 0.25) is 0 Å². The summed E-state index contributed by atoms with van der Waals surface area (Å²) in [4.78, 5) is 0. The molecule has 0 bridgehead atoms. The normalized spacial score (nSPS) is 16.4. The molecule has 1 atom stereocenters. The van der Waals surface area contributed by atoms with E-state index in [4.69, 9.17) is 15.2 Å². The van der Waals surface area contributed by atoms with E-state index < -0.39 is 0 Å². The highest BCUT2D eigenvalue weighted by atomic mass is 16.5. The summed E-state index contributed by atoms with van der Waals surface area (Å²) in [5.74, 6) is 2.26. The highest BCUT2D eigenvalue weighted by Gasteiger charge is 2.24. The molecule has 1 aliphatic heterocycles. The van der Waals surface area contributed by atoms with E-state index in [1.54, 1.807) is 0 Å². The Bertz CT molecular complexity index is 624. The Balaban J connectivity index is 1.74. The van der Waals surface area contributed by atoms with Gasteiger partial charge in [-0.25, -0.2) is 0 Å². The van der Waals surface area contributed by atoms with Crippen molar-refractivity contribution < 1.29 is 9.47 Å². The van der Waals surface area contributed by atoms with Crippen molar-refractivity contribution in [3.05, 3.63) is 59.2 Å². The van der Waals surface area contributed by atoms with E-state index in [0.717, 1.165) is 23.5 Å². The van der Waals surface area contributed by atoms with Gasteiger partial charge in [-0.1, -0.05) is 36.4 Å². The average molecular weight is 283 g/mol. The van der Waals surface area contributed by atoms with Crippen LogP contribution in [0.5, 0.6) is 11.5 Å². The number of ether oxygens (including phenoxy) is 2. The quantitative estimate of drug-likeness (QED) is 0.917. The van der Waals surface area contributed by atoms with Crippen molar-refractivity contribution >= 4 is 0 Å². The van der Waals surface area contributed by atoms with Gasteiger partial charge in [-0.3, -0.25) is 0 Å². The fourth-order valence-electron chi connectivity index (χ4n) is 2.82. The molecular weight excluding hydrogens is 262 g/mol. The summed E-state index contributed by atoms with van der Waals surface area (Å²) < 4.78 is 11.8. The molecule has 3 nitrogen and oxygen atoms in total. The topological polar surface area (TPSA) is 44.5 Å². The lowest BCUT2D eigenvalue weighted by atomic mass is 10.0. The van der Waals surface area contributed by atoms with Gasteiger partial charge in [0.05, 0.1) is 19.1 Å². The van der Waals surface area contributed by atoms with E-state index in [9.17, 15) is 0 Å². The summed E-state index contributed by atoms with van der Waals surface area (Å²) in [6.45, 7) is 4.04.